The molecule has 0 radical (unpaired) electrons. The van der Waals surface area contributed by atoms with Crippen molar-refractivity contribution in [2.75, 3.05) is 43.5 Å². The highest BCUT2D eigenvalue weighted by Gasteiger charge is 2.27. The van der Waals surface area contributed by atoms with Crippen LogP contribution in [0.2, 0.25) is 0 Å². The number of aromatic nitrogens is 3. The number of nitrogens with one attached hydrogen (secondary N) is 1. The fourth-order valence-corrected chi connectivity index (χ4v) is 7.74. The molecule has 45 heavy (non-hydrogen) atoms. The van der Waals surface area contributed by atoms with Crippen molar-refractivity contribution in [3.8, 4) is 5.69 Å². The second-order valence-corrected chi connectivity index (χ2v) is 13.8. The molecule has 3 heterocycles. The molecule has 1 fully saturated rings. The molecule has 2 amide bonds. The van der Waals surface area contributed by atoms with Gasteiger partial charge in [-0.2, -0.15) is 4.31 Å². The van der Waals surface area contributed by atoms with Gasteiger partial charge in [-0.3, -0.25) is 14.2 Å². The van der Waals surface area contributed by atoms with Gasteiger partial charge in [0.2, 0.25) is 15.9 Å². The summed E-state index contributed by atoms with van der Waals surface area (Å²) in [6.07, 6.45) is 0.835. The first kappa shape index (κ1) is 31.0. The van der Waals surface area contributed by atoms with Crippen molar-refractivity contribution in [3.63, 3.8) is 0 Å². The quantitative estimate of drug-likeness (QED) is 0.274. The molecule has 1 aromatic heterocycles. The van der Waals surface area contributed by atoms with Crippen LogP contribution in [0.15, 0.2) is 76.8 Å². The molecule has 3 aromatic carbocycles. The van der Waals surface area contributed by atoms with Crippen LogP contribution < -0.4 is 10.2 Å². The monoisotopic (exact) mass is 646 g/mol. The average Bonchev–Trinajstić information content (AvgIpc) is 3.68. The summed E-state index contributed by atoms with van der Waals surface area (Å²) in [5.41, 5.74) is 5.34. The number of morpholine rings is 1. The van der Waals surface area contributed by atoms with Crippen LogP contribution in [0.3, 0.4) is 0 Å². The summed E-state index contributed by atoms with van der Waals surface area (Å²) in [5.74, 6) is 0.306. The Morgan fingerprint density at radius 1 is 0.933 bits per heavy atom. The van der Waals surface area contributed by atoms with E-state index in [1.807, 2.05) is 59.7 Å². The maximum absolute atomic E-state index is 13.2. The molecule has 0 atom stereocenters. The number of amides is 2. The van der Waals surface area contributed by atoms with Crippen molar-refractivity contribution in [1.82, 2.24) is 24.4 Å². The van der Waals surface area contributed by atoms with Crippen LogP contribution in [0.5, 0.6) is 0 Å². The molecule has 0 aliphatic carbocycles. The van der Waals surface area contributed by atoms with E-state index in [1.54, 1.807) is 0 Å². The highest BCUT2D eigenvalue weighted by Crippen LogP contribution is 2.30. The van der Waals surface area contributed by atoms with E-state index in [1.165, 1.54) is 45.9 Å². The van der Waals surface area contributed by atoms with Gasteiger partial charge >= 0.3 is 0 Å². The largest absolute Gasteiger partial charge is 0.379 e. The summed E-state index contributed by atoms with van der Waals surface area (Å²) in [4.78, 5) is 28.3. The molecule has 1 N–H and O–H groups in total. The van der Waals surface area contributed by atoms with Gasteiger partial charge in [0.05, 0.1) is 36.1 Å². The summed E-state index contributed by atoms with van der Waals surface area (Å²) in [5, 5.41) is 12.2. The van der Waals surface area contributed by atoms with Crippen molar-refractivity contribution >= 4 is 39.3 Å². The summed E-state index contributed by atoms with van der Waals surface area (Å²) < 4.78 is 34.4. The third-order valence-corrected chi connectivity index (χ3v) is 10.8. The molecule has 0 unspecified atom stereocenters. The Balaban J connectivity index is 1.18. The Morgan fingerprint density at radius 3 is 2.47 bits per heavy atom. The Bertz CT molecular complexity index is 1830. The molecular formula is C32H34N6O5S2. The normalized spacial score (nSPS) is 15.2. The first-order chi connectivity index (χ1) is 21.7. The van der Waals surface area contributed by atoms with E-state index < -0.39 is 10.0 Å². The lowest BCUT2D eigenvalue weighted by molar-refractivity contribution is -0.116. The highest BCUT2D eigenvalue weighted by molar-refractivity contribution is 7.99. The topological polar surface area (TPSA) is 127 Å². The lowest BCUT2D eigenvalue weighted by atomic mass is 10.1. The van der Waals surface area contributed by atoms with E-state index >= 15 is 0 Å². The zero-order valence-corrected chi connectivity index (χ0v) is 26.7. The lowest BCUT2D eigenvalue weighted by Crippen LogP contribution is -2.40. The third-order valence-electron chi connectivity index (χ3n) is 7.95. The number of sulfonamides is 1. The predicted octanol–water partition coefficient (Wildman–Crippen LogP) is 3.52. The van der Waals surface area contributed by atoms with Crippen molar-refractivity contribution in [3.05, 3.63) is 94.8 Å². The molecule has 1 saturated heterocycles. The molecular weight excluding hydrogens is 613 g/mol. The Hall–Kier alpha value is -4.04. The van der Waals surface area contributed by atoms with Crippen LogP contribution in [-0.2, 0) is 32.5 Å². The maximum atomic E-state index is 13.2. The fourth-order valence-electron chi connectivity index (χ4n) is 5.49. The second kappa shape index (κ2) is 13.1. The first-order valence-corrected chi connectivity index (χ1v) is 17.1. The van der Waals surface area contributed by atoms with Gasteiger partial charge in [-0.15, -0.1) is 10.2 Å². The summed E-state index contributed by atoms with van der Waals surface area (Å²) >= 11 is 1.31. The van der Waals surface area contributed by atoms with Gasteiger partial charge in [0, 0.05) is 30.9 Å². The zero-order chi connectivity index (χ0) is 31.6. The predicted molar refractivity (Wildman–Crippen MR) is 171 cm³/mol. The number of para-hydroxylation sites is 1. The van der Waals surface area contributed by atoms with Crippen molar-refractivity contribution in [2.24, 2.45) is 0 Å². The summed E-state index contributed by atoms with van der Waals surface area (Å²) in [7, 11) is -3.66. The molecule has 0 bridgehead atoms. The number of rotatable bonds is 9. The molecule has 4 aromatic rings. The van der Waals surface area contributed by atoms with Gasteiger partial charge in [0.15, 0.2) is 11.0 Å². The Kier molecular flexibility index (Phi) is 9.04. The minimum absolute atomic E-state index is 0.00519. The average molecular weight is 647 g/mol. The van der Waals surface area contributed by atoms with E-state index in [-0.39, 0.29) is 29.0 Å². The number of hydrogen-bond acceptors (Lipinski definition) is 8. The van der Waals surface area contributed by atoms with Crippen LogP contribution in [0.4, 0.5) is 5.69 Å². The number of carbonyl (C=O) groups is 2. The maximum Gasteiger partial charge on any atom is 0.251 e. The minimum atomic E-state index is -3.66. The van der Waals surface area contributed by atoms with E-state index in [4.69, 9.17) is 4.74 Å². The van der Waals surface area contributed by atoms with Gasteiger partial charge in [-0.1, -0.05) is 42.1 Å². The SMILES string of the molecule is Cc1ccc(C)c(-n2c(CNC(=O)c3ccc(S(=O)(=O)N4CCOCC4)cc3)nnc2SCC(=O)N2CCc3ccccc32)c1. The Morgan fingerprint density at radius 2 is 1.69 bits per heavy atom. The Labute approximate surface area is 266 Å². The molecule has 2 aliphatic heterocycles. The molecule has 0 spiro atoms. The molecule has 6 rings (SSSR count). The molecule has 11 nitrogen and oxygen atoms in total. The van der Waals surface area contributed by atoms with Crippen molar-refractivity contribution in [1.29, 1.82) is 0 Å². The fraction of sp³-hybridized carbons (Fsp3) is 0.312. The van der Waals surface area contributed by atoms with Crippen LogP contribution in [0.25, 0.3) is 5.69 Å². The van der Waals surface area contributed by atoms with Crippen LogP contribution >= 0.6 is 11.8 Å². The number of benzene rings is 3. The molecule has 13 heteroatoms. The number of carbonyl (C=O) groups excluding carboxylic acids is 2. The van der Waals surface area contributed by atoms with Gasteiger partial charge in [0.1, 0.15) is 0 Å². The number of thioether (sulfide) groups is 1. The van der Waals surface area contributed by atoms with Crippen molar-refractivity contribution in [2.45, 2.75) is 36.9 Å². The number of ether oxygens (including phenoxy) is 1. The third kappa shape index (κ3) is 6.52. The molecule has 0 saturated carbocycles. The number of nitrogens with zero attached hydrogens (tertiary/aromatic N) is 5. The number of aryl methyl sites for hydroxylation is 2. The first-order valence-electron chi connectivity index (χ1n) is 14.7. The minimum Gasteiger partial charge on any atom is -0.379 e. The zero-order valence-electron chi connectivity index (χ0n) is 25.1. The summed E-state index contributed by atoms with van der Waals surface area (Å²) in [6, 6.07) is 19.9. The van der Waals surface area contributed by atoms with Gasteiger partial charge in [0.25, 0.3) is 5.91 Å². The van der Waals surface area contributed by atoms with Crippen LogP contribution in [0, 0.1) is 13.8 Å². The van der Waals surface area contributed by atoms with E-state index in [0.29, 0.717) is 49.4 Å². The van der Waals surface area contributed by atoms with E-state index in [0.717, 1.165) is 28.9 Å². The summed E-state index contributed by atoms with van der Waals surface area (Å²) in [6.45, 7) is 6.02. The highest BCUT2D eigenvalue weighted by atomic mass is 32.2. The smallest absolute Gasteiger partial charge is 0.251 e. The van der Waals surface area contributed by atoms with Gasteiger partial charge in [-0.05, 0) is 73.4 Å². The van der Waals surface area contributed by atoms with Crippen LogP contribution in [0.1, 0.15) is 32.9 Å². The second-order valence-electron chi connectivity index (χ2n) is 11.0. The van der Waals surface area contributed by atoms with Gasteiger partial charge in [-0.25, -0.2) is 8.42 Å². The van der Waals surface area contributed by atoms with E-state index in [9.17, 15) is 18.0 Å². The number of anilines is 1. The van der Waals surface area contributed by atoms with Gasteiger partial charge < -0.3 is 15.0 Å². The number of fused-ring (bicyclic) bond motifs is 1. The van der Waals surface area contributed by atoms with E-state index in [2.05, 4.69) is 21.6 Å². The van der Waals surface area contributed by atoms with Crippen molar-refractivity contribution < 1.29 is 22.7 Å². The number of hydrogen-bond donors (Lipinski definition) is 1. The van der Waals surface area contributed by atoms with Crippen LogP contribution in [-0.4, -0.2) is 77.9 Å². The lowest BCUT2D eigenvalue weighted by Gasteiger charge is -2.26. The molecule has 234 valence electrons. The molecule has 2 aliphatic rings. The standard InChI is InChI=1S/C32H34N6O5S2/c1-22-7-8-23(2)28(19-22)38-29(34-35-32(38)44-21-30(39)37-14-13-24-5-3-4-6-27(24)37)20-33-31(40)25-9-11-26(12-10-25)45(41,42)36-15-17-43-18-16-36/h3-12,19H,13-18,20-21H2,1-2H3,(H,33,40).